The Bertz CT molecular complexity index is 618. The average Bonchev–Trinajstić information content (AvgIpc) is 2.41. The van der Waals surface area contributed by atoms with Gasteiger partial charge >= 0.3 is 0 Å². The number of nitrogens with zero attached hydrogens (tertiary/aromatic N) is 4. The van der Waals surface area contributed by atoms with E-state index in [4.69, 9.17) is 0 Å². The second kappa shape index (κ2) is 5.47. The van der Waals surface area contributed by atoms with Gasteiger partial charge in [0.05, 0.1) is 11.9 Å². The summed E-state index contributed by atoms with van der Waals surface area (Å²) in [7, 11) is 0. The summed E-state index contributed by atoms with van der Waals surface area (Å²) in [6.45, 7) is 10.0. The number of rotatable bonds is 3. The lowest BCUT2D eigenvalue weighted by Crippen LogP contribution is -2.26. The van der Waals surface area contributed by atoms with E-state index >= 15 is 0 Å². The zero-order valence-electron chi connectivity index (χ0n) is 13.2. The van der Waals surface area contributed by atoms with Crippen LogP contribution in [0.5, 0.6) is 0 Å². The van der Waals surface area contributed by atoms with Crippen LogP contribution in [0.2, 0.25) is 0 Å². The Balaban J connectivity index is 2.35. The predicted octanol–water partition coefficient (Wildman–Crippen LogP) is 3.22. The third kappa shape index (κ3) is 3.60. The van der Waals surface area contributed by atoms with Crippen molar-refractivity contribution in [2.24, 2.45) is 0 Å². The monoisotopic (exact) mass is 288 g/mol. The number of hydrogen-bond donors (Lipinski definition) is 0. The minimum atomic E-state index is -0.397. The van der Waals surface area contributed by atoms with Crippen LogP contribution in [-0.2, 0) is 17.3 Å². The maximum absolute atomic E-state index is 14.0. The first-order chi connectivity index (χ1) is 9.70. The molecule has 112 valence electrons. The molecule has 0 aliphatic rings. The molecule has 4 nitrogen and oxygen atoms in total. The van der Waals surface area contributed by atoms with Crippen molar-refractivity contribution in [1.82, 2.24) is 19.9 Å². The average molecular weight is 288 g/mol. The molecule has 0 unspecified atom stereocenters. The smallest absolute Gasteiger partial charge is 0.163 e. The summed E-state index contributed by atoms with van der Waals surface area (Å²) in [5.41, 5.74) is -0.200. The van der Waals surface area contributed by atoms with Crippen molar-refractivity contribution in [2.75, 3.05) is 0 Å². The van der Waals surface area contributed by atoms with Gasteiger partial charge in [-0.25, -0.2) is 24.3 Å². The topological polar surface area (TPSA) is 51.6 Å². The Hall–Kier alpha value is -1.91. The minimum Gasteiger partial charge on any atom is -0.241 e. The highest BCUT2D eigenvalue weighted by Gasteiger charge is 2.28. The molecule has 0 atom stereocenters. The van der Waals surface area contributed by atoms with E-state index in [1.807, 2.05) is 34.6 Å². The first-order valence-corrected chi connectivity index (χ1v) is 6.99. The molecule has 0 aromatic carbocycles. The lowest BCUT2D eigenvalue weighted by Gasteiger charge is -2.23. The Labute approximate surface area is 124 Å². The van der Waals surface area contributed by atoms with Gasteiger partial charge in [0, 0.05) is 29.6 Å². The molecule has 0 bridgehead atoms. The van der Waals surface area contributed by atoms with Crippen molar-refractivity contribution < 1.29 is 4.39 Å². The molecule has 2 aromatic heterocycles. The highest BCUT2D eigenvalue weighted by atomic mass is 19.1. The first kappa shape index (κ1) is 15.5. The first-order valence-electron chi connectivity index (χ1n) is 6.99. The van der Waals surface area contributed by atoms with Gasteiger partial charge < -0.3 is 0 Å². The Morgan fingerprint density at radius 2 is 1.57 bits per heavy atom. The van der Waals surface area contributed by atoms with E-state index in [9.17, 15) is 4.39 Å². The van der Waals surface area contributed by atoms with Crippen molar-refractivity contribution in [1.29, 1.82) is 0 Å². The predicted molar refractivity (Wildman–Crippen MR) is 79.5 cm³/mol. The van der Waals surface area contributed by atoms with Crippen molar-refractivity contribution in [3.05, 3.63) is 47.8 Å². The molecule has 0 saturated heterocycles. The maximum atomic E-state index is 14.0. The molecule has 0 spiro atoms. The minimum absolute atomic E-state index is 0.212. The fraction of sp³-hybridized carbons (Fsp3) is 0.500. The van der Waals surface area contributed by atoms with Gasteiger partial charge in [-0.2, -0.15) is 0 Å². The van der Waals surface area contributed by atoms with Crippen molar-refractivity contribution in [3.63, 3.8) is 0 Å². The van der Waals surface area contributed by atoms with Gasteiger partial charge in [-0.15, -0.1) is 0 Å². The largest absolute Gasteiger partial charge is 0.241 e. The van der Waals surface area contributed by atoms with E-state index < -0.39 is 5.41 Å². The van der Waals surface area contributed by atoms with Crippen LogP contribution in [0, 0.1) is 5.82 Å². The maximum Gasteiger partial charge on any atom is 0.163 e. The third-order valence-corrected chi connectivity index (χ3v) is 3.27. The van der Waals surface area contributed by atoms with Crippen LogP contribution in [0.3, 0.4) is 0 Å². The lowest BCUT2D eigenvalue weighted by atomic mass is 9.86. The number of halogens is 1. The second-order valence-electron chi connectivity index (χ2n) is 6.87. The van der Waals surface area contributed by atoms with Gasteiger partial charge in [-0.3, -0.25) is 0 Å². The van der Waals surface area contributed by atoms with E-state index in [2.05, 4.69) is 19.9 Å². The molecule has 0 radical (unpaired) electrons. The molecule has 0 aliphatic carbocycles. The zero-order chi connectivity index (χ0) is 15.7. The van der Waals surface area contributed by atoms with Crippen LogP contribution in [0.1, 0.15) is 52.0 Å². The van der Waals surface area contributed by atoms with Crippen LogP contribution in [0.15, 0.2) is 24.7 Å². The summed E-state index contributed by atoms with van der Waals surface area (Å²) in [4.78, 5) is 17.0. The highest BCUT2D eigenvalue weighted by Crippen LogP contribution is 2.26. The van der Waals surface area contributed by atoms with Gasteiger partial charge in [0.1, 0.15) is 11.6 Å². The fourth-order valence-corrected chi connectivity index (χ4v) is 2.03. The Morgan fingerprint density at radius 3 is 2.14 bits per heavy atom. The van der Waals surface area contributed by atoms with Crippen LogP contribution >= 0.6 is 0 Å². The van der Waals surface area contributed by atoms with Crippen molar-refractivity contribution in [2.45, 2.75) is 51.9 Å². The molecule has 0 amide bonds. The van der Waals surface area contributed by atoms with Crippen molar-refractivity contribution >= 4 is 0 Å². The lowest BCUT2D eigenvalue weighted by molar-refractivity contribution is 0.451. The van der Waals surface area contributed by atoms with Crippen LogP contribution in [-0.4, -0.2) is 19.9 Å². The Morgan fingerprint density at radius 1 is 0.952 bits per heavy atom. The molecule has 0 saturated carbocycles. The van der Waals surface area contributed by atoms with E-state index in [0.717, 1.165) is 0 Å². The molecule has 5 heteroatoms. The summed E-state index contributed by atoms with van der Waals surface area (Å²) in [6.07, 6.45) is 5.07. The van der Waals surface area contributed by atoms with E-state index in [0.29, 0.717) is 23.8 Å². The van der Waals surface area contributed by atoms with Crippen LogP contribution in [0.25, 0.3) is 0 Å². The van der Waals surface area contributed by atoms with Gasteiger partial charge in [-0.1, -0.05) is 34.6 Å². The standard InChI is InChI=1S/C16H21FN4/c1-15(2,3)13-20-10-11(17)12(21-13)9-16(4,5)14-18-7-6-8-19-14/h6-8,10H,9H2,1-5H3. The van der Waals surface area contributed by atoms with Gasteiger partial charge in [-0.05, 0) is 6.07 Å². The van der Waals surface area contributed by atoms with E-state index in [1.54, 1.807) is 18.5 Å². The summed E-state index contributed by atoms with van der Waals surface area (Å²) >= 11 is 0. The molecular formula is C16H21FN4. The molecule has 2 rings (SSSR count). The zero-order valence-corrected chi connectivity index (χ0v) is 13.2. The SMILES string of the molecule is CC(C)(C)c1ncc(F)c(CC(C)(C)c2ncccn2)n1. The van der Waals surface area contributed by atoms with Crippen LogP contribution < -0.4 is 0 Å². The summed E-state index contributed by atoms with van der Waals surface area (Å²) in [6, 6.07) is 1.77. The van der Waals surface area contributed by atoms with E-state index in [1.165, 1.54) is 6.20 Å². The molecule has 0 aliphatic heterocycles. The number of hydrogen-bond acceptors (Lipinski definition) is 4. The summed E-state index contributed by atoms with van der Waals surface area (Å²) in [5.74, 6) is 0.941. The normalized spacial score (nSPS) is 12.5. The second-order valence-corrected chi connectivity index (χ2v) is 6.87. The molecule has 2 heterocycles. The van der Waals surface area contributed by atoms with Gasteiger partial charge in [0.15, 0.2) is 5.82 Å². The molecule has 21 heavy (non-hydrogen) atoms. The highest BCUT2D eigenvalue weighted by molar-refractivity contribution is 5.16. The number of aromatic nitrogens is 4. The van der Waals surface area contributed by atoms with Crippen LogP contribution in [0.4, 0.5) is 4.39 Å². The molecule has 2 aromatic rings. The third-order valence-electron chi connectivity index (χ3n) is 3.27. The summed E-state index contributed by atoms with van der Waals surface area (Å²) in [5, 5.41) is 0. The fourth-order valence-electron chi connectivity index (χ4n) is 2.03. The van der Waals surface area contributed by atoms with Crippen molar-refractivity contribution in [3.8, 4) is 0 Å². The quantitative estimate of drug-likeness (QED) is 0.870. The molecular weight excluding hydrogens is 267 g/mol. The van der Waals surface area contributed by atoms with Gasteiger partial charge in [0.25, 0.3) is 0 Å². The molecule has 0 fully saturated rings. The molecule has 0 N–H and O–H groups in total. The summed E-state index contributed by atoms with van der Waals surface area (Å²) < 4.78 is 14.0. The Kier molecular flexibility index (Phi) is 4.03. The van der Waals surface area contributed by atoms with E-state index in [-0.39, 0.29) is 11.2 Å². The van der Waals surface area contributed by atoms with Gasteiger partial charge in [0.2, 0.25) is 0 Å².